The predicted molar refractivity (Wildman–Crippen MR) is 125 cm³/mol. The number of hydrogen-bond donors (Lipinski definition) is 1. The standard InChI is InChI=1S/C24H35N3O4S/c1-19-8-9-20(2)22(18-19)32(30,31)27-16-14-26(15-17-27)24(29)11-10-23(28)25-13-12-21-6-4-3-5-7-21/h6,8-9,18H,3-5,7,10-17H2,1-2H3,(H,25,28). The van der Waals surface area contributed by atoms with Crippen molar-refractivity contribution in [1.82, 2.24) is 14.5 Å². The molecule has 1 fully saturated rings. The average molecular weight is 462 g/mol. The van der Waals surface area contributed by atoms with Gasteiger partial charge in [-0.15, -0.1) is 0 Å². The maximum Gasteiger partial charge on any atom is 0.243 e. The van der Waals surface area contributed by atoms with E-state index < -0.39 is 10.0 Å². The highest BCUT2D eigenvalue weighted by molar-refractivity contribution is 7.89. The Bertz CT molecular complexity index is 963. The quantitative estimate of drug-likeness (QED) is 0.603. The van der Waals surface area contributed by atoms with Crippen LogP contribution in [0.2, 0.25) is 0 Å². The molecule has 1 aliphatic carbocycles. The number of amides is 2. The lowest BCUT2D eigenvalue weighted by atomic mass is 9.97. The summed E-state index contributed by atoms with van der Waals surface area (Å²) in [6.07, 6.45) is 8.22. The third-order valence-electron chi connectivity index (χ3n) is 6.27. The largest absolute Gasteiger partial charge is 0.356 e. The first-order valence-corrected chi connectivity index (χ1v) is 13.0. The molecule has 0 saturated carbocycles. The molecule has 1 aromatic carbocycles. The number of rotatable bonds is 8. The van der Waals surface area contributed by atoms with E-state index in [9.17, 15) is 18.0 Å². The second-order valence-corrected chi connectivity index (χ2v) is 10.7. The van der Waals surface area contributed by atoms with E-state index in [1.165, 1.54) is 22.7 Å². The lowest BCUT2D eigenvalue weighted by molar-refractivity contribution is -0.134. The summed E-state index contributed by atoms with van der Waals surface area (Å²) in [5.41, 5.74) is 3.04. The fourth-order valence-electron chi connectivity index (χ4n) is 4.26. The molecule has 0 unspecified atom stereocenters. The van der Waals surface area contributed by atoms with Crippen molar-refractivity contribution in [2.75, 3.05) is 32.7 Å². The van der Waals surface area contributed by atoms with Crippen LogP contribution < -0.4 is 5.32 Å². The second-order valence-electron chi connectivity index (χ2n) is 8.76. The zero-order valence-corrected chi connectivity index (χ0v) is 20.0. The van der Waals surface area contributed by atoms with Crippen LogP contribution in [0, 0.1) is 13.8 Å². The summed E-state index contributed by atoms with van der Waals surface area (Å²) < 4.78 is 27.5. The van der Waals surface area contributed by atoms with Gasteiger partial charge in [0.05, 0.1) is 4.90 Å². The highest BCUT2D eigenvalue weighted by Crippen LogP contribution is 2.23. The molecule has 1 aromatic rings. The van der Waals surface area contributed by atoms with E-state index in [2.05, 4.69) is 11.4 Å². The molecular formula is C24H35N3O4S. The van der Waals surface area contributed by atoms with Gasteiger partial charge < -0.3 is 10.2 Å². The lowest BCUT2D eigenvalue weighted by Crippen LogP contribution is -2.50. The van der Waals surface area contributed by atoms with Gasteiger partial charge in [-0.1, -0.05) is 23.8 Å². The van der Waals surface area contributed by atoms with Gasteiger partial charge in [0.1, 0.15) is 0 Å². The van der Waals surface area contributed by atoms with Crippen LogP contribution in [0.3, 0.4) is 0 Å². The molecule has 32 heavy (non-hydrogen) atoms. The minimum absolute atomic E-state index is 0.0982. The summed E-state index contributed by atoms with van der Waals surface area (Å²) in [5.74, 6) is -0.204. The molecule has 8 heteroatoms. The Kier molecular flexibility index (Phi) is 8.48. The number of sulfonamides is 1. The fraction of sp³-hybridized carbons (Fsp3) is 0.583. The van der Waals surface area contributed by atoms with Crippen LogP contribution in [-0.4, -0.2) is 62.2 Å². The maximum atomic E-state index is 13.0. The van der Waals surface area contributed by atoms with Crippen LogP contribution in [0.15, 0.2) is 34.7 Å². The molecule has 0 aromatic heterocycles. The smallest absolute Gasteiger partial charge is 0.243 e. The Hall–Kier alpha value is -2.19. The van der Waals surface area contributed by atoms with Crippen LogP contribution >= 0.6 is 0 Å². The van der Waals surface area contributed by atoms with Crippen molar-refractivity contribution in [3.05, 3.63) is 41.0 Å². The molecule has 1 saturated heterocycles. The third-order valence-corrected chi connectivity index (χ3v) is 8.31. The maximum absolute atomic E-state index is 13.0. The van der Waals surface area contributed by atoms with E-state index in [4.69, 9.17) is 0 Å². The molecular weight excluding hydrogens is 426 g/mol. The molecule has 0 radical (unpaired) electrons. The summed E-state index contributed by atoms with van der Waals surface area (Å²) in [4.78, 5) is 26.6. The highest BCUT2D eigenvalue weighted by atomic mass is 32.2. The Morgan fingerprint density at radius 1 is 1.03 bits per heavy atom. The number of nitrogens with one attached hydrogen (secondary N) is 1. The van der Waals surface area contributed by atoms with Crippen LogP contribution in [0.5, 0.6) is 0 Å². The molecule has 0 spiro atoms. The second kappa shape index (κ2) is 11.1. The van der Waals surface area contributed by atoms with Gasteiger partial charge >= 0.3 is 0 Å². The zero-order chi connectivity index (χ0) is 23.1. The molecule has 2 aliphatic rings. The number of hydrogen-bond acceptors (Lipinski definition) is 4. The number of allylic oxidation sites excluding steroid dienone is 1. The first-order chi connectivity index (χ1) is 15.3. The van der Waals surface area contributed by atoms with Crippen molar-refractivity contribution in [3.63, 3.8) is 0 Å². The lowest BCUT2D eigenvalue weighted by Gasteiger charge is -2.34. The minimum Gasteiger partial charge on any atom is -0.356 e. The third kappa shape index (κ3) is 6.42. The van der Waals surface area contributed by atoms with Gasteiger partial charge in [-0.25, -0.2) is 8.42 Å². The number of nitrogens with zero attached hydrogens (tertiary/aromatic N) is 2. The molecule has 1 heterocycles. The van der Waals surface area contributed by atoms with E-state index in [1.807, 2.05) is 19.1 Å². The van der Waals surface area contributed by atoms with E-state index in [1.54, 1.807) is 17.9 Å². The number of carbonyl (C=O) groups is 2. The Balaban J connectivity index is 1.41. The van der Waals surface area contributed by atoms with Crippen molar-refractivity contribution >= 4 is 21.8 Å². The molecule has 1 N–H and O–H groups in total. The summed E-state index contributed by atoms with van der Waals surface area (Å²) in [6.45, 7) is 5.51. The normalized spacial score (nSPS) is 17.7. The van der Waals surface area contributed by atoms with Crippen molar-refractivity contribution in [3.8, 4) is 0 Å². The summed E-state index contributed by atoms with van der Waals surface area (Å²) >= 11 is 0. The van der Waals surface area contributed by atoms with Crippen molar-refractivity contribution < 1.29 is 18.0 Å². The van der Waals surface area contributed by atoms with Crippen molar-refractivity contribution in [2.24, 2.45) is 0 Å². The van der Waals surface area contributed by atoms with Crippen LogP contribution in [0.4, 0.5) is 0 Å². The Morgan fingerprint density at radius 3 is 2.47 bits per heavy atom. The summed E-state index contributed by atoms with van der Waals surface area (Å²) in [5, 5.41) is 2.91. The Morgan fingerprint density at radius 2 is 1.78 bits per heavy atom. The molecule has 0 atom stereocenters. The van der Waals surface area contributed by atoms with Crippen LogP contribution in [-0.2, 0) is 19.6 Å². The molecule has 0 bridgehead atoms. The molecule has 176 valence electrons. The SMILES string of the molecule is Cc1ccc(C)c(S(=O)(=O)N2CCN(C(=O)CCC(=O)NCCC3=CCCCC3)CC2)c1. The van der Waals surface area contributed by atoms with E-state index in [0.29, 0.717) is 24.5 Å². The number of carbonyl (C=O) groups excluding carboxylic acids is 2. The van der Waals surface area contributed by atoms with Crippen LogP contribution in [0.1, 0.15) is 56.1 Å². The van der Waals surface area contributed by atoms with Gasteiger partial charge in [0.2, 0.25) is 21.8 Å². The van der Waals surface area contributed by atoms with Crippen molar-refractivity contribution in [1.29, 1.82) is 0 Å². The van der Waals surface area contributed by atoms with Gasteiger partial charge in [-0.2, -0.15) is 4.31 Å². The first-order valence-electron chi connectivity index (χ1n) is 11.6. The summed E-state index contributed by atoms with van der Waals surface area (Å²) in [7, 11) is -3.58. The molecule has 3 rings (SSSR count). The monoisotopic (exact) mass is 461 g/mol. The zero-order valence-electron chi connectivity index (χ0n) is 19.2. The van der Waals surface area contributed by atoms with Gasteiger partial charge in [-0.05, 0) is 63.1 Å². The van der Waals surface area contributed by atoms with Crippen molar-refractivity contribution in [2.45, 2.75) is 63.7 Å². The predicted octanol–water partition coefficient (Wildman–Crippen LogP) is 2.92. The minimum atomic E-state index is -3.58. The van der Waals surface area contributed by atoms with E-state index in [-0.39, 0.29) is 37.7 Å². The molecule has 1 aliphatic heterocycles. The Labute approximate surface area is 191 Å². The van der Waals surface area contributed by atoms with E-state index in [0.717, 1.165) is 30.4 Å². The molecule has 7 nitrogen and oxygen atoms in total. The highest BCUT2D eigenvalue weighted by Gasteiger charge is 2.31. The first kappa shape index (κ1) is 24.5. The fourth-order valence-corrected chi connectivity index (χ4v) is 6.00. The van der Waals surface area contributed by atoms with Gasteiger partial charge in [0.15, 0.2) is 0 Å². The number of aryl methyl sites for hydroxylation is 2. The average Bonchev–Trinajstić information content (AvgIpc) is 2.79. The number of piperazine rings is 1. The topological polar surface area (TPSA) is 86.8 Å². The summed E-state index contributed by atoms with van der Waals surface area (Å²) in [6, 6.07) is 5.42. The van der Waals surface area contributed by atoms with Crippen LogP contribution in [0.25, 0.3) is 0 Å². The van der Waals surface area contributed by atoms with Gasteiger partial charge in [0.25, 0.3) is 0 Å². The van der Waals surface area contributed by atoms with Gasteiger partial charge in [0, 0.05) is 45.6 Å². The van der Waals surface area contributed by atoms with Gasteiger partial charge in [-0.3, -0.25) is 9.59 Å². The molecule has 2 amide bonds. The number of benzene rings is 1. The van der Waals surface area contributed by atoms with E-state index >= 15 is 0 Å².